The number of nitrogens with two attached hydrogens (primary N) is 1. The quantitative estimate of drug-likeness (QED) is 0.295. The van der Waals surface area contributed by atoms with Gasteiger partial charge in [-0.3, -0.25) is 10.2 Å². The summed E-state index contributed by atoms with van der Waals surface area (Å²) in [5, 5.41) is 0. The van der Waals surface area contributed by atoms with E-state index in [1.54, 1.807) is 0 Å². The minimum absolute atomic E-state index is 0.0937. The van der Waals surface area contributed by atoms with Gasteiger partial charge in [-0.1, -0.05) is 36.8 Å². The minimum Gasteiger partial charge on any atom is -0.381 e. The molecule has 0 bridgehead atoms. The molecule has 0 heterocycles. The number of carbonyl (C=O) groups is 1. The van der Waals surface area contributed by atoms with Crippen LogP contribution in [0.2, 0.25) is 0 Å². The number of rotatable bonds is 10. The number of amides is 1. The number of hydrogen-bond donors (Lipinski definition) is 2. The molecule has 0 radical (unpaired) electrons. The highest BCUT2D eigenvalue weighted by atomic mass is 16.5. The van der Waals surface area contributed by atoms with E-state index in [1.807, 2.05) is 6.07 Å². The molecule has 1 rings (SSSR count). The number of nitrogens with one attached hydrogen (secondary N) is 1. The van der Waals surface area contributed by atoms with Gasteiger partial charge in [0.2, 0.25) is 5.91 Å². The average molecular weight is 264 g/mol. The number of benzene rings is 1. The fourth-order valence-corrected chi connectivity index (χ4v) is 1.86. The van der Waals surface area contributed by atoms with Gasteiger partial charge in [-0.15, -0.1) is 0 Å². The van der Waals surface area contributed by atoms with E-state index in [4.69, 9.17) is 10.6 Å². The van der Waals surface area contributed by atoms with Crippen LogP contribution in [-0.4, -0.2) is 19.1 Å². The van der Waals surface area contributed by atoms with E-state index in [1.165, 1.54) is 5.56 Å². The van der Waals surface area contributed by atoms with Crippen LogP contribution in [-0.2, 0) is 16.0 Å². The van der Waals surface area contributed by atoms with Gasteiger partial charge in [-0.05, 0) is 31.2 Å². The minimum atomic E-state index is -0.0937. The van der Waals surface area contributed by atoms with Crippen molar-refractivity contribution in [2.45, 2.75) is 38.5 Å². The molecule has 0 aliphatic rings. The SMILES string of the molecule is NNC(=O)CCCCCOCCCc1ccccc1. The van der Waals surface area contributed by atoms with Crippen LogP contribution < -0.4 is 11.3 Å². The van der Waals surface area contributed by atoms with Crippen molar-refractivity contribution in [2.24, 2.45) is 5.84 Å². The molecule has 0 saturated carbocycles. The van der Waals surface area contributed by atoms with Crippen LogP contribution in [0.25, 0.3) is 0 Å². The monoisotopic (exact) mass is 264 g/mol. The first-order chi connectivity index (χ1) is 9.33. The number of hydrazine groups is 1. The Morgan fingerprint density at radius 2 is 1.79 bits per heavy atom. The Hall–Kier alpha value is -1.39. The van der Waals surface area contributed by atoms with Crippen LogP contribution in [0, 0.1) is 0 Å². The zero-order valence-corrected chi connectivity index (χ0v) is 11.4. The maximum absolute atomic E-state index is 10.9. The fourth-order valence-electron chi connectivity index (χ4n) is 1.86. The van der Waals surface area contributed by atoms with Gasteiger partial charge in [0.05, 0.1) is 0 Å². The van der Waals surface area contributed by atoms with Gasteiger partial charge in [-0.25, -0.2) is 5.84 Å². The number of ether oxygens (including phenoxy) is 1. The fraction of sp³-hybridized carbons (Fsp3) is 0.533. The summed E-state index contributed by atoms with van der Waals surface area (Å²) in [6.45, 7) is 1.58. The van der Waals surface area contributed by atoms with Crippen molar-refractivity contribution in [2.75, 3.05) is 13.2 Å². The molecule has 4 heteroatoms. The average Bonchev–Trinajstić information content (AvgIpc) is 2.46. The van der Waals surface area contributed by atoms with Crippen LogP contribution in [0.5, 0.6) is 0 Å². The van der Waals surface area contributed by atoms with E-state index < -0.39 is 0 Å². The lowest BCUT2D eigenvalue weighted by atomic mass is 10.1. The predicted molar refractivity (Wildman–Crippen MR) is 76.4 cm³/mol. The summed E-state index contributed by atoms with van der Waals surface area (Å²) in [5.74, 6) is 4.90. The van der Waals surface area contributed by atoms with E-state index in [-0.39, 0.29) is 5.91 Å². The van der Waals surface area contributed by atoms with Crippen molar-refractivity contribution < 1.29 is 9.53 Å². The Labute approximate surface area is 115 Å². The molecule has 0 fully saturated rings. The molecule has 1 amide bonds. The van der Waals surface area contributed by atoms with Gasteiger partial charge in [0.1, 0.15) is 0 Å². The van der Waals surface area contributed by atoms with Crippen molar-refractivity contribution in [1.82, 2.24) is 5.43 Å². The van der Waals surface area contributed by atoms with Gasteiger partial charge >= 0.3 is 0 Å². The summed E-state index contributed by atoms with van der Waals surface area (Å²) in [6.07, 6.45) is 5.51. The lowest BCUT2D eigenvalue weighted by molar-refractivity contribution is -0.121. The molecule has 0 aromatic heterocycles. The topological polar surface area (TPSA) is 64.3 Å². The Morgan fingerprint density at radius 3 is 2.53 bits per heavy atom. The molecule has 0 spiro atoms. The summed E-state index contributed by atoms with van der Waals surface area (Å²) in [6, 6.07) is 10.4. The lowest BCUT2D eigenvalue weighted by Crippen LogP contribution is -2.29. The van der Waals surface area contributed by atoms with E-state index in [0.29, 0.717) is 6.42 Å². The second kappa shape index (κ2) is 10.5. The first-order valence-electron chi connectivity index (χ1n) is 6.94. The number of unbranched alkanes of at least 4 members (excludes halogenated alkanes) is 2. The highest BCUT2D eigenvalue weighted by molar-refractivity contribution is 5.74. The first-order valence-corrected chi connectivity index (χ1v) is 6.94. The summed E-state index contributed by atoms with van der Waals surface area (Å²) in [7, 11) is 0. The van der Waals surface area contributed by atoms with Crippen LogP contribution in [0.15, 0.2) is 30.3 Å². The summed E-state index contributed by atoms with van der Waals surface area (Å²) in [5.41, 5.74) is 3.49. The van der Waals surface area contributed by atoms with Crippen molar-refractivity contribution >= 4 is 5.91 Å². The standard InChI is InChI=1S/C15H24N2O2/c16-17-15(18)11-5-2-6-12-19-13-7-10-14-8-3-1-4-9-14/h1,3-4,8-9H,2,5-7,10-13,16H2,(H,17,18). The second-order valence-corrected chi connectivity index (χ2v) is 4.58. The zero-order valence-electron chi connectivity index (χ0n) is 11.4. The molecule has 19 heavy (non-hydrogen) atoms. The molecule has 4 nitrogen and oxygen atoms in total. The van der Waals surface area contributed by atoms with E-state index in [9.17, 15) is 4.79 Å². The maximum Gasteiger partial charge on any atom is 0.233 e. The Morgan fingerprint density at radius 1 is 1.05 bits per heavy atom. The van der Waals surface area contributed by atoms with Crippen LogP contribution in [0.3, 0.4) is 0 Å². The lowest BCUT2D eigenvalue weighted by Gasteiger charge is -2.04. The van der Waals surface area contributed by atoms with Crippen molar-refractivity contribution in [1.29, 1.82) is 0 Å². The molecule has 0 aliphatic heterocycles. The first kappa shape index (κ1) is 15.7. The smallest absolute Gasteiger partial charge is 0.233 e. The largest absolute Gasteiger partial charge is 0.381 e. The summed E-state index contributed by atoms with van der Waals surface area (Å²) >= 11 is 0. The molecule has 1 aromatic carbocycles. The summed E-state index contributed by atoms with van der Waals surface area (Å²) in [4.78, 5) is 10.9. The van der Waals surface area contributed by atoms with Crippen LogP contribution >= 0.6 is 0 Å². The van der Waals surface area contributed by atoms with Gasteiger partial charge in [-0.2, -0.15) is 0 Å². The normalized spacial score (nSPS) is 10.4. The van der Waals surface area contributed by atoms with E-state index in [0.717, 1.165) is 45.3 Å². The molecule has 0 saturated heterocycles. The molecule has 3 N–H and O–H groups in total. The van der Waals surface area contributed by atoms with E-state index in [2.05, 4.69) is 29.7 Å². The van der Waals surface area contributed by atoms with Crippen LogP contribution in [0.4, 0.5) is 0 Å². The molecular formula is C15H24N2O2. The van der Waals surface area contributed by atoms with Gasteiger partial charge in [0.15, 0.2) is 0 Å². The maximum atomic E-state index is 10.9. The Bertz CT molecular complexity index is 341. The molecular weight excluding hydrogens is 240 g/mol. The van der Waals surface area contributed by atoms with E-state index >= 15 is 0 Å². The molecule has 0 aliphatic carbocycles. The molecule has 1 aromatic rings. The van der Waals surface area contributed by atoms with Gasteiger partial charge < -0.3 is 4.74 Å². The Balaban J connectivity index is 1.85. The van der Waals surface area contributed by atoms with Crippen LogP contribution in [0.1, 0.15) is 37.7 Å². The van der Waals surface area contributed by atoms with Crippen molar-refractivity contribution in [3.63, 3.8) is 0 Å². The Kier molecular flexibility index (Phi) is 8.68. The third-order valence-corrected chi connectivity index (χ3v) is 2.95. The molecule has 0 atom stereocenters. The van der Waals surface area contributed by atoms with Gasteiger partial charge in [0.25, 0.3) is 0 Å². The second-order valence-electron chi connectivity index (χ2n) is 4.58. The molecule has 0 unspecified atom stereocenters. The van der Waals surface area contributed by atoms with Crippen molar-refractivity contribution in [3.05, 3.63) is 35.9 Å². The summed E-state index contributed by atoms with van der Waals surface area (Å²) < 4.78 is 5.56. The van der Waals surface area contributed by atoms with Crippen molar-refractivity contribution in [3.8, 4) is 0 Å². The number of aryl methyl sites for hydroxylation is 1. The van der Waals surface area contributed by atoms with Gasteiger partial charge in [0, 0.05) is 19.6 Å². The third-order valence-electron chi connectivity index (χ3n) is 2.95. The zero-order chi connectivity index (χ0) is 13.8. The number of carbonyl (C=O) groups excluding carboxylic acids is 1. The highest BCUT2D eigenvalue weighted by Crippen LogP contribution is 2.03. The number of hydrogen-bond acceptors (Lipinski definition) is 3. The molecule has 106 valence electrons. The highest BCUT2D eigenvalue weighted by Gasteiger charge is 1.97. The third kappa shape index (κ3) is 8.35. The predicted octanol–water partition coefficient (Wildman–Crippen LogP) is 2.19.